The highest BCUT2D eigenvalue weighted by atomic mass is 32.2. The van der Waals surface area contributed by atoms with E-state index in [1.165, 1.54) is 14.7 Å². The first kappa shape index (κ1) is 20.4. The molecule has 1 aliphatic carbocycles. The average Bonchev–Trinajstić information content (AvgIpc) is 3.16. The molecule has 1 aromatic heterocycles. The van der Waals surface area contributed by atoms with Gasteiger partial charge in [0.2, 0.25) is 10.0 Å². The summed E-state index contributed by atoms with van der Waals surface area (Å²) in [4.78, 5) is 16.4. The van der Waals surface area contributed by atoms with Crippen LogP contribution in [0.2, 0.25) is 0 Å². The van der Waals surface area contributed by atoms with Gasteiger partial charge in [-0.1, -0.05) is 6.92 Å². The Kier molecular flexibility index (Phi) is 5.68. The summed E-state index contributed by atoms with van der Waals surface area (Å²) in [5.74, 6) is 1.34. The van der Waals surface area contributed by atoms with Crippen LogP contribution in [0.25, 0.3) is 0 Å². The molecule has 156 valence electrons. The second-order valence-corrected chi connectivity index (χ2v) is 10.7. The molecule has 1 aliphatic heterocycles. The fraction of sp³-hybridized carbons (Fsp3) is 0.476. The van der Waals surface area contributed by atoms with Gasteiger partial charge in [0, 0.05) is 36.4 Å². The maximum Gasteiger partial charge on any atom is 0.255 e. The largest absolute Gasteiger partial charge is 0.497 e. The molecule has 0 radical (unpaired) electrons. The van der Waals surface area contributed by atoms with Crippen molar-refractivity contribution in [3.8, 4) is 5.75 Å². The SMILES string of the molecule is COc1ccc(S(=O)(=O)N2CCN(C(=O)c3csc4c3CC[C@H](C)C4)CC2)cc1. The lowest BCUT2D eigenvalue weighted by atomic mass is 9.88. The summed E-state index contributed by atoms with van der Waals surface area (Å²) < 4.78 is 32.4. The van der Waals surface area contributed by atoms with Crippen LogP contribution >= 0.6 is 11.3 Å². The lowest BCUT2D eigenvalue weighted by molar-refractivity contribution is 0.0697. The van der Waals surface area contributed by atoms with Crippen molar-refractivity contribution in [2.24, 2.45) is 5.92 Å². The first-order valence-corrected chi connectivity index (χ1v) is 12.2. The number of hydrogen-bond acceptors (Lipinski definition) is 5. The van der Waals surface area contributed by atoms with Gasteiger partial charge in [0.05, 0.1) is 17.6 Å². The number of rotatable bonds is 4. The molecule has 2 heterocycles. The number of methoxy groups -OCH3 is 1. The van der Waals surface area contributed by atoms with Gasteiger partial charge >= 0.3 is 0 Å². The Bertz CT molecular complexity index is 990. The van der Waals surface area contributed by atoms with E-state index in [9.17, 15) is 13.2 Å². The smallest absolute Gasteiger partial charge is 0.255 e. The van der Waals surface area contributed by atoms with E-state index in [4.69, 9.17) is 4.74 Å². The Morgan fingerprint density at radius 3 is 2.48 bits per heavy atom. The van der Waals surface area contributed by atoms with Crippen LogP contribution in [0.4, 0.5) is 0 Å². The second kappa shape index (κ2) is 8.08. The van der Waals surface area contributed by atoms with Crippen LogP contribution < -0.4 is 4.74 Å². The van der Waals surface area contributed by atoms with Crippen molar-refractivity contribution >= 4 is 27.3 Å². The molecule has 6 nitrogen and oxygen atoms in total. The molecule has 0 spiro atoms. The molecular weight excluding hydrogens is 408 g/mol. The third kappa shape index (κ3) is 3.93. The minimum atomic E-state index is -3.57. The molecule has 4 rings (SSSR count). The van der Waals surface area contributed by atoms with Gasteiger partial charge in [-0.05, 0) is 55.0 Å². The van der Waals surface area contributed by atoms with E-state index in [1.807, 2.05) is 5.38 Å². The Morgan fingerprint density at radius 1 is 1.14 bits per heavy atom. The number of amides is 1. The number of hydrogen-bond donors (Lipinski definition) is 0. The van der Waals surface area contributed by atoms with Crippen LogP contribution in [0, 0.1) is 5.92 Å². The number of fused-ring (bicyclic) bond motifs is 1. The van der Waals surface area contributed by atoms with Crippen LogP contribution in [-0.2, 0) is 22.9 Å². The van der Waals surface area contributed by atoms with Gasteiger partial charge in [-0.25, -0.2) is 8.42 Å². The van der Waals surface area contributed by atoms with E-state index in [0.717, 1.165) is 24.8 Å². The number of nitrogens with zero attached hydrogens (tertiary/aromatic N) is 2. The number of carbonyl (C=O) groups is 1. The average molecular weight is 435 g/mol. The van der Waals surface area contributed by atoms with E-state index < -0.39 is 10.0 Å². The van der Waals surface area contributed by atoms with Crippen molar-refractivity contribution in [2.75, 3.05) is 33.3 Å². The first-order valence-electron chi connectivity index (χ1n) is 9.93. The summed E-state index contributed by atoms with van der Waals surface area (Å²) in [7, 11) is -2.02. The number of piperazine rings is 1. The van der Waals surface area contributed by atoms with E-state index in [0.29, 0.717) is 37.8 Å². The van der Waals surface area contributed by atoms with Crippen LogP contribution in [0.5, 0.6) is 5.75 Å². The highest BCUT2D eigenvalue weighted by molar-refractivity contribution is 7.89. The van der Waals surface area contributed by atoms with E-state index >= 15 is 0 Å². The molecule has 8 heteroatoms. The molecule has 1 aromatic carbocycles. The number of carbonyl (C=O) groups excluding carboxylic acids is 1. The monoisotopic (exact) mass is 434 g/mol. The fourth-order valence-corrected chi connectivity index (χ4v) is 6.72. The second-order valence-electron chi connectivity index (χ2n) is 7.77. The molecule has 2 aliphatic rings. The van der Waals surface area contributed by atoms with Crippen molar-refractivity contribution in [1.29, 1.82) is 0 Å². The van der Waals surface area contributed by atoms with Gasteiger partial charge in [-0.3, -0.25) is 4.79 Å². The minimum Gasteiger partial charge on any atom is -0.497 e. The van der Waals surface area contributed by atoms with Crippen molar-refractivity contribution < 1.29 is 17.9 Å². The lowest BCUT2D eigenvalue weighted by Gasteiger charge is -2.34. The molecule has 0 unspecified atom stereocenters. The number of benzene rings is 1. The summed E-state index contributed by atoms with van der Waals surface area (Å²) in [5.41, 5.74) is 2.04. The highest BCUT2D eigenvalue weighted by Crippen LogP contribution is 2.33. The van der Waals surface area contributed by atoms with Gasteiger partial charge in [0.1, 0.15) is 5.75 Å². The number of ether oxygens (including phenoxy) is 1. The predicted octanol–water partition coefficient (Wildman–Crippen LogP) is 3.03. The van der Waals surface area contributed by atoms with Gasteiger partial charge in [-0.15, -0.1) is 11.3 Å². The molecule has 1 atom stereocenters. The van der Waals surface area contributed by atoms with Crippen molar-refractivity contribution in [1.82, 2.24) is 9.21 Å². The topological polar surface area (TPSA) is 66.9 Å². The molecule has 1 amide bonds. The van der Waals surface area contributed by atoms with Crippen LogP contribution in [0.1, 0.15) is 34.1 Å². The highest BCUT2D eigenvalue weighted by Gasteiger charge is 2.32. The Morgan fingerprint density at radius 2 is 1.83 bits per heavy atom. The van der Waals surface area contributed by atoms with Gasteiger partial charge in [0.15, 0.2) is 0 Å². The third-order valence-corrected chi connectivity index (χ3v) is 8.82. The molecule has 0 N–H and O–H groups in total. The van der Waals surface area contributed by atoms with Crippen molar-refractivity contribution in [3.05, 3.63) is 45.6 Å². The summed E-state index contributed by atoms with van der Waals surface area (Å²) in [6.45, 7) is 3.70. The Balaban J connectivity index is 1.43. The van der Waals surface area contributed by atoms with Gasteiger partial charge in [0.25, 0.3) is 5.91 Å². The summed E-state index contributed by atoms with van der Waals surface area (Å²) in [6, 6.07) is 6.41. The maximum absolute atomic E-state index is 13.1. The van der Waals surface area contributed by atoms with E-state index in [1.54, 1.807) is 47.6 Å². The molecule has 0 saturated carbocycles. The van der Waals surface area contributed by atoms with E-state index in [-0.39, 0.29) is 10.8 Å². The standard InChI is InChI=1S/C21H26N2O4S2/c1-15-3-8-18-19(14-28-20(18)13-15)21(24)22-9-11-23(12-10-22)29(25,26)17-6-4-16(27-2)5-7-17/h4-7,14-15H,3,8-13H2,1-2H3/t15-/m0/s1. The van der Waals surface area contributed by atoms with Crippen LogP contribution in [0.15, 0.2) is 34.5 Å². The Hall–Kier alpha value is -1.90. The molecule has 1 fully saturated rings. The van der Waals surface area contributed by atoms with E-state index in [2.05, 4.69) is 6.92 Å². The third-order valence-electron chi connectivity index (χ3n) is 5.86. The van der Waals surface area contributed by atoms with Crippen molar-refractivity contribution in [3.63, 3.8) is 0 Å². The maximum atomic E-state index is 13.1. The summed E-state index contributed by atoms with van der Waals surface area (Å²) in [6.07, 6.45) is 3.14. The van der Waals surface area contributed by atoms with Gasteiger partial charge < -0.3 is 9.64 Å². The zero-order valence-corrected chi connectivity index (χ0v) is 18.4. The minimum absolute atomic E-state index is 0.0403. The molecular formula is C21H26N2O4S2. The first-order chi connectivity index (χ1) is 13.9. The number of sulfonamides is 1. The van der Waals surface area contributed by atoms with Gasteiger partial charge in [-0.2, -0.15) is 4.31 Å². The quantitative estimate of drug-likeness (QED) is 0.742. The number of thiophene rings is 1. The molecule has 1 saturated heterocycles. The zero-order valence-electron chi connectivity index (χ0n) is 16.8. The fourth-order valence-electron chi connectivity index (χ4n) is 4.06. The molecule has 0 bridgehead atoms. The summed E-state index contributed by atoms with van der Waals surface area (Å²) >= 11 is 1.69. The normalized spacial score (nSPS) is 20.3. The Labute approximate surface area is 176 Å². The zero-order chi connectivity index (χ0) is 20.6. The van der Waals surface area contributed by atoms with Crippen LogP contribution in [0.3, 0.4) is 0 Å². The molecule has 29 heavy (non-hydrogen) atoms. The predicted molar refractivity (Wildman–Crippen MR) is 113 cm³/mol. The van der Waals surface area contributed by atoms with Crippen molar-refractivity contribution in [2.45, 2.75) is 31.1 Å². The molecule has 2 aromatic rings. The lowest BCUT2D eigenvalue weighted by Crippen LogP contribution is -2.50. The summed E-state index contributed by atoms with van der Waals surface area (Å²) in [5, 5.41) is 1.99. The van der Waals surface area contributed by atoms with Crippen LogP contribution in [-0.4, -0.2) is 56.8 Å².